The number of aromatic nitrogens is 2. The van der Waals surface area contributed by atoms with Crippen LogP contribution in [0.25, 0.3) is 0 Å². The van der Waals surface area contributed by atoms with Crippen LogP contribution in [0.3, 0.4) is 0 Å². The number of hydrogen-bond donors (Lipinski definition) is 1. The standard InChI is InChI=1S/C7H11N3.2ClH/c1-5(2)7-6(8)3-9-4-10-7;;/h3-5H,8H2,1-2H3;2*1H. The fraction of sp³-hybridized carbons (Fsp3) is 0.429. The first kappa shape index (κ1) is 14.0. The SMILES string of the molecule is CC(C)c1ncncc1N.Cl.Cl. The van der Waals surface area contributed by atoms with Crippen LogP contribution in [0.1, 0.15) is 25.5 Å². The van der Waals surface area contributed by atoms with Crippen LogP contribution in [0.15, 0.2) is 12.5 Å². The number of anilines is 1. The van der Waals surface area contributed by atoms with E-state index in [0.29, 0.717) is 11.6 Å². The van der Waals surface area contributed by atoms with E-state index in [2.05, 4.69) is 23.8 Å². The second kappa shape index (κ2) is 6.03. The first-order valence-electron chi connectivity index (χ1n) is 3.27. The number of nitrogen functional groups attached to an aromatic ring is 1. The highest BCUT2D eigenvalue weighted by Crippen LogP contribution is 2.15. The van der Waals surface area contributed by atoms with Crippen molar-refractivity contribution in [2.24, 2.45) is 0 Å². The van der Waals surface area contributed by atoms with Crippen molar-refractivity contribution in [1.29, 1.82) is 0 Å². The lowest BCUT2D eigenvalue weighted by molar-refractivity contribution is 0.818. The molecule has 0 atom stereocenters. The number of rotatable bonds is 1. The maximum absolute atomic E-state index is 5.60. The lowest BCUT2D eigenvalue weighted by Gasteiger charge is -2.04. The molecule has 1 aromatic rings. The summed E-state index contributed by atoms with van der Waals surface area (Å²) in [5, 5.41) is 0. The van der Waals surface area contributed by atoms with E-state index in [9.17, 15) is 0 Å². The zero-order chi connectivity index (χ0) is 7.56. The van der Waals surface area contributed by atoms with Gasteiger partial charge >= 0.3 is 0 Å². The Bertz CT molecular complexity index is 228. The van der Waals surface area contributed by atoms with Crippen molar-refractivity contribution in [2.75, 3.05) is 5.73 Å². The molecule has 0 aromatic carbocycles. The molecule has 1 rings (SSSR count). The van der Waals surface area contributed by atoms with Gasteiger partial charge in [0.15, 0.2) is 0 Å². The average Bonchev–Trinajstić information content (AvgIpc) is 1.88. The van der Waals surface area contributed by atoms with Gasteiger partial charge < -0.3 is 5.73 Å². The van der Waals surface area contributed by atoms with Crippen LogP contribution < -0.4 is 5.73 Å². The Morgan fingerprint density at radius 1 is 1.33 bits per heavy atom. The van der Waals surface area contributed by atoms with E-state index >= 15 is 0 Å². The van der Waals surface area contributed by atoms with Gasteiger partial charge in [-0.05, 0) is 5.92 Å². The molecule has 0 saturated carbocycles. The van der Waals surface area contributed by atoms with Crippen molar-refractivity contribution in [1.82, 2.24) is 9.97 Å². The molecule has 2 N–H and O–H groups in total. The molecule has 1 aromatic heterocycles. The summed E-state index contributed by atoms with van der Waals surface area (Å²) < 4.78 is 0. The molecule has 0 aliphatic heterocycles. The molecular formula is C7H13Cl2N3. The quantitative estimate of drug-likeness (QED) is 0.771. The van der Waals surface area contributed by atoms with Crippen LogP contribution in [0.4, 0.5) is 5.69 Å². The second-order valence-electron chi connectivity index (χ2n) is 2.52. The van der Waals surface area contributed by atoms with Crippen LogP contribution in [-0.4, -0.2) is 9.97 Å². The van der Waals surface area contributed by atoms with Crippen molar-refractivity contribution in [3.8, 4) is 0 Å². The summed E-state index contributed by atoms with van der Waals surface area (Å²) in [7, 11) is 0. The van der Waals surface area contributed by atoms with E-state index in [1.54, 1.807) is 6.20 Å². The molecule has 70 valence electrons. The van der Waals surface area contributed by atoms with Crippen LogP contribution in [0.5, 0.6) is 0 Å². The molecule has 0 spiro atoms. The van der Waals surface area contributed by atoms with Gasteiger partial charge in [0.05, 0.1) is 17.6 Å². The van der Waals surface area contributed by atoms with Gasteiger partial charge in [0.1, 0.15) is 6.33 Å². The summed E-state index contributed by atoms with van der Waals surface area (Å²) in [6.45, 7) is 4.11. The molecule has 5 heteroatoms. The topological polar surface area (TPSA) is 51.8 Å². The molecule has 0 aliphatic rings. The van der Waals surface area contributed by atoms with E-state index < -0.39 is 0 Å². The minimum Gasteiger partial charge on any atom is -0.396 e. The van der Waals surface area contributed by atoms with Crippen LogP contribution in [0, 0.1) is 0 Å². The van der Waals surface area contributed by atoms with Crippen molar-refractivity contribution >= 4 is 30.5 Å². The van der Waals surface area contributed by atoms with Crippen molar-refractivity contribution in [3.63, 3.8) is 0 Å². The Morgan fingerprint density at radius 3 is 2.25 bits per heavy atom. The van der Waals surface area contributed by atoms with Gasteiger partial charge in [-0.15, -0.1) is 24.8 Å². The van der Waals surface area contributed by atoms with Gasteiger partial charge in [0.25, 0.3) is 0 Å². The summed E-state index contributed by atoms with van der Waals surface area (Å²) >= 11 is 0. The van der Waals surface area contributed by atoms with Gasteiger partial charge in [0.2, 0.25) is 0 Å². The number of nitrogens with zero attached hydrogens (tertiary/aromatic N) is 2. The molecule has 1 heterocycles. The van der Waals surface area contributed by atoms with Gasteiger partial charge in [-0.1, -0.05) is 13.8 Å². The zero-order valence-corrected chi connectivity index (χ0v) is 8.65. The third-order valence-electron chi connectivity index (χ3n) is 1.32. The van der Waals surface area contributed by atoms with Crippen molar-refractivity contribution in [2.45, 2.75) is 19.8 Å². The van der Waals surface area contributed by atoms with E-state index in [4.69, 9.17) is 5.73 Å². The Labute approximate surface area is 84.6 Å². The third-order valence-corrected chi connectivity index (χ3v) is 1.32. The Balaban J connectivity index is 0. The summed E-state index contributed by atoms with van der Waals surface area (Å²) in [5.74, 6) is 0.378. The molecule has 0 fully saturated rings. The number of nitrogens with two attached hydrogens (primary N) is 1. The van der Waals surface area contributed by atoms with E-state index in [1.807, 2.05) is 0 Å². The third kappa shape index (κ3) is 3.24. The highest BCUT2D eigenvalue weighted by Gasteiger charge is 2.03. The fourth-order valence-electron chi connectivity index (χ4n) is 0.832. The lowest BCUT2D eigenvalue weighted by atomic mass is 10.1. The lowest BCUT2D eigenvalue weighted by Crippen LogP contribution is -1.99. The predicted molar refractivity (Wildman–Crippen MR) is 55.0 cm³/mol. The summed E-state index contributed by atoms with van der Waals surface area (Å²) in [6, 6.07) is 0. The van der Waals surface area contributed by atoms with Crippen LogP contribution in [0.2, 0.25) is 0 Å². The molecule has 12 heavy (non-hydrogen) atoms. The Kier molecular flexibility index (Phi) is 7.04. The van der Waals surface area contributed by atoms with Gasteiger partial charge in [0, 0.05) is 0 Å². The maximum atomic E-state index is 5.60. The molecule has 0 saturated heterocycles. The first-order valence-corrected chi connectivity index (χ1v) is 3.27. The van der Waals surface area contributed by atoms with Crippen LogP contribution in [-0.2, 0) is 0 Å². The summed E-state index contributed by atoms with van der Waals surface area (Å²) in [6.07, 6.45) is 3.15. The minimum atomic E-state index is 0. The predicted octanol–water partition coefficient (Wildman–Crippen LogP) is 2.03. The summed E-state index contributed by atoms with van der Waals surface area (Å²) in [4.78, 5) is 7.83. The van der Waals surface area contributed by atoms with Crippen molar-refractivity contribution < 1.29 is 0 Å². The van der Waals surface area contributed by atoms with Gasteiger partial charge in [-0.3, -0.25) is 0 Å². The molecular weight excluding hydrogens is 197 g/mol. The maximum Gasteiger partial charge on any atom is 0.115 e. The molecule has 0 aliphatic carbocycles. The number of hydrogen-bond acceptors (Lipinski definition) is 3. The Morgan fingerprint density at radius 2 is 1.92 bits per heavy atom. The molecule has 0 unspecified atom stereocenters. The minimum absolute atomic E-state index is 0. The second-order valence-corrected chi connectivity index (χ2v) is 2.52. The average molecular weight is 210 g/mol. The zero-order valence-electron chi connectivity index (χ0n) is 7.02. The monoisotopic (exact) mass is 209 g/mol. The smallest absolute Gasteiger partial charge is 0.115 e. The largest absolute Gasteiger partial charge is 0.396 e. The fourth-order valence-corrected chi connectivity index (χ4v) is 0.832. The summed E-state index contributed by atoms with van der Waals surface area (Å²) in [5.41, 5.74) is 7.20. The molecule has 0 radical (unpaired) electrons. The van der Waals surface area contributed by atoms with Crippen molar-refractivity contribution in [3.05, 3.63) is 18.2 Å². The molecule has 3 nitrogen and oxygen atoms in total. The van der Waals surface area contributed by atoms with E-state index in [1.165, 1.54) is 6.33 Å². The van der Waals surface area contributed by atoms with Gasteiger partial charge in [-0.2, -0.15) is 0 Å². The van der Waals surface area contributed by atoms with E-state index in [-0.39, 0.29) is 24.8 Å². The normalized spacial score (nSPS) is 8.58. The Hall–Kier alpha value is -0.540. The number of halogens is 2. The molecule has 0 amide bonds. The first-order chi connectivity index (χ1) is 4.72. The highest BCUT2D eigenvalue weighted by molar-refractivity contribution is 5.85. The molecule has 0 bridgehead atoms. The van der Waals surface area contributed by atoms with E-state index in [0.717, 1.165) is 5.69 Å². The van der Waals surface area contributed by atoms with Crippen LogP contribution >= 0.6 is 24.8 Å². The van der Waals surface area contributed by atoms with Gasteiger partial charge in [-0.25, -0.2) is 9.97 Å². The highest BCUT2D eigenvalue weighted by atomic mass is 35.5.